The van der Waals surface area contributed by atoms with E-state index in [2.05, 4.69) is 4.74 Å². The molecule has 0 unspecified atom stereocenters. The highest BCUT2D eigenvalue weighted by Crippen LogP contribution is 2.25. The molecule has 0 atom stereocenters. The molecule has 3 N–H and O–H groups in total. The smallest absolute Gasteiger partial charge is 0.344 e. The van der Waals surface area contributed by atoms with E-state index in [1.165, 1.54) is 6.92 Å². The summed E-state index contributed by atoms with van der Waals surface area (Å²) in [5.41, 5.74) is 4.92. The lowest BCUT2D eigenvalue weighted by atomic mass is 10.1. The van der Waals surface area contributed by atoms with Crippen molar-refractivity contribution in [3.05, 3.63) is 16.9 Å². The average Bonchev–Trinajstić information content (AvgIpc) is 2.41. The van der Waals surface area contributed by atoms with Gasteiger partial charge in [-0.15, -0.1) is 0 Å². The third kappa shape index (κ3) is 1.93. The van der Waals surface area contributed by atoms with Crippen LogP contribution in [0.3, 0.4) is 0 Å². The Morgan fingerprint density at radius 3 is 2.53 bits per heavy atom. The standard InChI is InChI=1S/C9H11NO5/c1-3-14-9(13)6-5(8(11)12)4(2)15-7(6)10/h3,10H2,1-2H3,(H,11,12). The molecular weight excluding hydrogens is 202 g/mol. The summed E-state index contributed by atoms with van der Waals surface area (Å²) in [6, 6.07) is 0. The number of esters is 1. The second-order valence-electron chi connectivity index (χ2n) is 2.80. The molecule has 0 bridgehead atoms. The van der Waals surface area contributed by atoms with Crippen LogP contribution in [-0.4, -0.2) is 23.7 Å². The van der Waals surface area contributed by atoms with Crippen LogP contribution in [0, 0.1) is 6.92 Å². The Labute approximate surface area is 85.6 Å². The zero-order valence-electron chi connectivity index (χ0n) is 8.36. The first-order valence-corrected chi connectivity index (χ1v) is 4.28. The number of furan rings is 1. The molecule has 0 spiro atoms. The number of carbonyl (C=O) groups excluding carboxylic acids is 1. The van der Waals surface area contributed by atoms with Crippen molar-refractivity contribution in [1.29, 1.82) is 0 Å². The minimum atomic E-state index is -1.27. The fourth-order valence-corrected chi connectivity index (χ4v) is 1.23. The minimum absolute atomic E-state index is 0.0862. The largest absolute Gasteiger partial charge is 0.478 e. The molecule has 1 aromatic rings. The predicted molar refractivity (Wildman–Crippen MR) is 50.8 cm³/mol. The molecule has 1 rings (SSSR count). The molecule has 0 aliphatic rings. The van der Waals surface area contributed by atoms with Crippen LogP contribution in [0.25, 0.3) is 0 Å². The van der Waals surface area contributed by atoms with Gasteiger partial charge in [-0.3, -0.25) is 0 Å². The highest BCUT2D eigenvalue weighted by atomic mass is 16.5. The van der Waals surface area contributed by atoms with E-state index in [-0.39, 0.29) is 29.4 Å². The number of aromatic carboxylic acids is 1. The van der Waals surface area contributed by atoms with Crippen LogP contribution in [0.15, 0.2) is 4.42 Å². The van der Waals surface area contributed by atoms with Gasteiger partial charge in [-0.1, -0.05) is 0 Å². The summed E-state index contributed by atoms with van der Waals surface area (Å²) in [6.45, 7) is 3.17. The van der Waals surface area contributed by atoms with Crippen LogP contribution in [0.5, 0.6) is 0 Å². The predicted octanol–water partition coefficient (Wildman–Crippen LogP) is 1.05. The van der Waals surface area contributed by atoms with E-state index in [0.29, 0.717) is 0 Å². The second kappa shape index (κ2) is 4.04. The molecule has 1 heterocycles. The number of rotatable bonds is 3. The fraction of sp³-hybridized carbons (Fsp3) is 0.333. The molecule has 6 nitrogen and oxygen atoms in total. The number of anilines is 1. The Balaban J connectivity index is 3.26. The number of carboxylic acids is 1. The van der Waals surface area contributed by atoms with Crippen molar-refractivity contribution < 1.29 is 23.8 Å². The zero-order chi connectivity index (χ0) is 11.6. The van der Waals surface area contributed by atoms with E-state index in [9.17, 15) is 9.59 Å². The summed E-state index contributed by atoms with van der Waals surface area (Å²) >= 11 is 0. The fourth-order valence-electron chi connectivity index (χ4n) is 1.23. The van der Waals surface area contributed by atoms with Crippen LogP contribution >= 0.6 is 0 Å². The molecule has 0 saturated heterocycles. The molecule has 1 aromatic heterocycles. The van der Waals surface area contributed by atoms with Crippen LogP contribution < -0.4 is 5.73 Å². The molecule has 0 aliphatic heterocycles. The quantitative estimate of drug-likeness (QED) is 0.727. The number of aryl methyl sites for hydroxylation is 1. The lowest BCUT2D eigenvalue weighted by Gasteiger charge is -2.00. The normalized spacial score (nSPS) is 10.0. The first kappa shape index (κ1) is 11.1. The molecule has 0 fully saturated rings. The maximum atomic E-state index is 11.4. The maximum absolute atomic E-state index is 11.4. The highest BCUT2D eigenvalue weighted by Gasteiger charge is 2.27. The van der Waals surface area contributed by atoms with Crippen molar-refractivity contribution in [2.24, 2.45) is 0 Å². The van der Waals surface area contributed by atoms with Crippen LogP contribution in [-0.2, 0) is 4.74 Å². The van der Waals surface area contributed by atoms with Gasteiger partial charge in [0.1, 0.15) is 16.9 Å². The summed E-state index contributed by atoms with van der Waals surface area (Å²) in [6.07, 6.45) is 0. The first-order chi connectivity index (χ1) is 6.99. The van der Waals surface area contributed by atoms with E-state index >= 15 is 0 Å². The Morgan fingerprint density at radius 2 is 2.07 bits per heavy atom. The topological polar surface area (TPSA) is 103 Å². The molecule has 0 radical (unpaired) electrons. The number of nitrogens with two attached hydrogens (primary N) is 1. The summed E-state index contributed by atoms with van der Waals surface area (Å²) in [5, 5.41) is 8.85. The van der Waals surface area contributed by atoms with E-state index < -0.39 is 11.9 Å². The van der Waals surface area contributed by atoms with Crippen molar-refractivity contribution in [3.8, 4) is 0 Å². The number of carboxylic acid groups (broad SMARTS) is 1. The van der Waals surface area contributed by atoms with Gasteiger partial charge in [0.2, 0.25) is 5.88 Å². The number of carbonyl (C=O) groups is 2. The summed E-state index contributed by atoms with van der Waals surface area (Å²) in [4.78, 5) is 22.2. The van der Waals surface area contributed by atoms with Crippen LogP contribution in [0.4, 0.5) is 5.88 Å². The highest BCUT2D eigenvalue weighted by molar-refractivity contribution is 6.06. The summed E-state index contributed by atoms with van der Waals surface area (Å²) in [5.74, 6) is -2.20. The van der Waals surface area contributed by atoms with Gasteiger partial charge in [-0.2, -0.15) is 0 Å². The van der Waals surface area contributed by atoms with E-state index in [1.54, 1.807) is 6.92 Å². The van der Waals surface area contributed by atoms with Gasteiger partial charge in [0.05, 0.1) is 6.61 Å². The average molecular weight is 213 g/mol. The van der Waals surface area contributed by atoms with Gasteiger partial charge in [-0.05, 0) is 13.8 Å². The van der Waals surface area contributed by atoms with Crippen molar-refractivity contribution in [1.82, 2.24) is 0 Å². The number of nitrogen functional groups attached to an aromatic ring is 1. The Hall–Kier alpha value is -1.98. The van der Waals surface area contributed by atoms with Crippen LogP contribution in [0.1, 0.15) is 33.4 Å². The molecule has 0 saturated carbocycles. The van der Waals surface area contributed by atoms with Gasteiger partial charge in [0.15, 0.2) is 0 Å². The number of hydrogen-bond acceptors (Lipinski definition) is 5. The third-order valence-corrected chi connectivity index (χ3v) is 1.80. The molecule has 0 aliphatic carbocycles. The van der Waals surface area contributed by atoms with Crippen molar-refractivity contribution in [2.45, 2.75) is 13.8 Å². The SMILES string of the molecule is CCOC(=O)c1c(N)oc(C)c1C(=O)O. The summed E-state index contributed by atoms with van der Waals surface area (Å²) in [7, 11) is 0. The van der Waals surface area contributed by atoms with Crippen molar-refractivity contribution >= 4 is 17.8 Å². The zero-order valence-corrected chi connectivity index (χ0v) is 8.36. The number of ether oxygens (including phenoxy) is 1. The maximum Gasteiger partial charge on any atom is 0.344 e. The van der Waals surface area contributed by atoms with E-state index in [1.807, 2.05) is 0 Å². The molecule has 0 aromatic carbocycles. The van der Waals surface area contributed by atoms with Gasteiger partial charge in [0, 0.05) is 0 Å². The summed E-state index contributed by atoms with van der Waals surface area (Å²) < 4.78 is 9.54. The minimum Gasteiger partial charge on any atom is -0.478 e. The van der Waals surface area contributed by atoms with Crippen molar-refractivity contribution in [3.63, 3.8) is 0 Å². The second-order valence-corrected chi connectivity index (χ2v) is 2.80. The third-order valence-electron chi connectivity index (χ3n) is 1.80. The van der Waals surface area contributed by atoms with Gasteiger partial charge < -0.3 is 20.0 Å². The Morgan fingerprint density at radius 1 is 1.47 bits per heavy atom. The molecule has 15 heavy (non-hydrogen) atoms. The van der Waals surface area contributed by atoms with E-state index in [0.717, 1.165) is 0 Å². The Bertz CT molecular complexity index is 407. The van der Waals surface area contributed by atoms with Crippen LogP contribution in [0.2, 0.25) is 0 Å². The van der Waals surface area contributed by atoms with Gasteiger partial charge in [-0.25, -0.2) is 9.59 Å². The van der Waals surface area contributed by atoms with Gasteiger partial charge >= 0.3 is 11.9 Å². The van der Waals surface area contributed by atoms with Gasteiger partial charge in [0.25, 0.3) is 0 Å². The van der Waals surface area contributed by atoms with E-state index in [4.69, 9.17) is 15.3 Å². The monoisotopic (exact) mass is 213 g/mol. The number of hydrogen-bond donors (Lipinski definition) is 2. The Kier molecular flexibility index (Phi) is 2.99. The molecule has 82 valence electrons. The van der Waals surface area contributed by atoms with Crippen molar-refractivity contribution in [2.75, 3.05) is 12.3 Å². The lowest BCUT2D eigenvalue weighted by Crippen LogP contribution is -2.11. The lowest BCUT2D eigenvalue weighted by molar-refractivity contribution is 0.0516. The first-order valence-electron chi connectivity index (χ1n) is 4.28. The molecule has 0 amide bonds. The molecule has 6 heteroatoms. The molecular formula is C9H11NO5.